The molecule has 1 saturated carbocycles. The second kappa shape index (κ2) is 7.83. The third kappa shape index (κ3) is 4.65. The molecule has 0 radical (unpaired) electrons. The molecule has 1 atom stereocenters. The van der Waals surface area contributed by atoms with Gasteiger partial charge in [-0.25, -0.2) is 0 Å². The average molecular weight is 226 g/mol. The number of carbonyl (C=O) groups excluding carboxylic acids is 1. The zero-order valence-corrected chi connectivity index (χ0v) is 10.8. The van der Waals surface area contributed by atoms with E-state index < -0.39 is 0 Å². The minimum Gasteiger partial charge on any atom is -0.385 e. The summed E-state index contributed by atoms with van der Waals surface area (Å²) in [6.07, 6.45) is 9.60. The van der Waals surface area contributed by atoms with Crippen LogP contribution in [0.15, 0.2) is 0 Å². The van der Waals surface area contributed by atoms with E-state index in [9.17, 15) is 4.79 Å². The first-order valence-electron chi connectivity index (χ1n) is 6.78. The predicted molar refractivity (Wildman–Crippen MR) is 66.5 cm³/mol. The van der Waals surface area contributed by atoms with E-state index in [1.807, 2.05) is 0 Å². The molecule has 94 valence electrons. The van der Waals surface area contributed by atoms with E-state index in [4.69, 9.17) is 4.74 Å². The van der Waals surface area contributed by atoms with E-state index in [1.165, 1.54) is 32.1 Å². The number of hydrogen-bond donors (Lipinski definition) is 0. The molecule has 0 heterocycles. The van der Waals surface area contributed by atoms with Gasteiger partial charge in [0.25, 0.3) is 0 Å². The fraction of sp³-hybridized carbons (Fsp3) is 0.929. The maximum atomic E-state index is 12.2. The normalized spacial score (nSPS) is 21.1. The maximum Gasteiger partial charge on any atom is 0.138 e. The van der Waals surface area contributed by atoms with Gasteiger partial charge in [0.15, 0.2) is 0 Å². The smallest absolute Gasteiger partial charge is 0.138 e. The lowest BCUT2D eigenvalue weighted by atomic mass is 9.83. The summed E-state index contributed by atoms with van der Waals surface area (Å²) in [5, 5.41) is 0. The molecule has 0 spiro atoms. The Labute approximate surface area is 99.8 Å². The SMILES string of the molecule is COCCC(C)C(=O)C1CCCCCCC1. The van der Waals surface area contributed by atoms with Crippen molar-refractivity contribution in [3.8, 4) is 0 Å². The summed E-state index contributed by atoms with van der Waals surface area (Å²) in [4.78, 5) is 12.2. The second-order valence-corrected chi connectivity index (χ2v) is 5.13. The Hall–Kier alpha value is -0.370. The summed E-state index contributed by atoms with van der Waals surface area (Å²) in [7, 11) is 1.70. The van der Waals surface area contributed by atoms with Crippen LogP contribution in [0.1, 0.15) is 58.3 Å². The van der Waals surface area contributed by atoms with Gasteiger partial charge in [0.1, 0.15) is 5.78 Å². The van der Waals surface area contributed by atoms with Gasteiger partial charge < -0.3 is 4.74 Å². The Morgan fingerprint density at radius 1 is 1.19 bits per heavy atom. The number of ketones is 1. The molecular weight excluding hydrogens is 200 g/mol. The molecule has 0 aliphatic heterocycles. The summed E-state index contributed by atoms with van der Waals surface area (Å²) in [5.74, 6) is 1.01. The van der Waals surface area contributed by atoms with Crippen LogP contribution < -0.4 is 0 Å². The minimum atomic E-state index is 0.185. The van der Waals surface area contributed by atoms with Crippen molar-refractivity contribution in [3.05, 3.63) is 0 Å². The highest BCUT2D eigenvalue weighted by molar-refractivity contribution is 5.83. The van der Waals surface area contributed by atoms with Gasteiger partial charge in [-0.05, 0) is 19.3 Å². The molecule has 0 amide bonds. The monoisotopic (exact) mass is 226 g/mol. The van der Waals surface area contributed by atoms with Crippen LogP contribution in [0.3, 0.4) is 0 Å². The van der Waals surface area contributed by atoms with Crippen molar-refractivity contribution in [3.63, 3.8) is 0 Å². The average Bonchev–Trinajstić information content (AvgIpc) is 2.24. The van der Waals surface area contributed by atoms with Gasteiger partial charge in [0, 0.05) is 25.6 Å². The fourth-order valence-corrected chi connectivity index (χ4v) is 2.58. The molecule has 1 unspecified atom stereocenters. The standard InChI is InChI=1S/C14H26O2/c1-12(10-11-16-2)14(15)13-8-6-4-3-5-7-9-13/h12-13H,3-11H2,1-2H3. The summed E-state index contributed by atoms with van der Waals surface area (Å²) in [6, 6.07) is 0. The minimum absolute atomic E-state index is 0.185. The maximum absolute atomic E-state index is 12.2. The molecule has 2 heteroatoms. The zero-order chi connectivity index (χ0) is 11.8. The lowest BCUT2D eigenvalue weighted by Gasteiger charge is -2.21. The lowest BCUT2D eigenvalue weighted by Crippen LogP contribution is -2.23. The van der Waals surface area contributed by atoms with Crippen LogP contribution in [0.4, 0.5) is 0 Å². The van der Waals surface area contributed by atoms with Crippen LogP contribution in [0.25, 0.3) is 0 Å². The molecular formula is C14H26O2. The zero-order valence-electron chi connectivity index (χ0n) is 10.8. The van der Waals surface area contributed by atoms with E-state index in [-0.39, 0.29) is 5.92 Å². The van der Waals surface area contributed by atoms with Crippen LogP contribution in [0.2, 0.25) is 0 Å². The molecule has 16 heavy (non-hydrogen) atoms. The highest BCUT2D eigenvalue weighted by Gasteiger charge is 2.23. The Bertz CT molecular complexity index is 193. The van der Waals surface area contributed by atoms with Crippen LogP contribution in [0, 0.1) is 11.8 Å². The molecule has 1 fully saturated rings. The van der Waals surface area contributed by atoms with E-state index in [2.05, 4.69) is 6.92 Å². The first-order chi connectivity index (χ1) is 7.75. The summed E-state index contributed by atoms with van der Waals surface area (Å²) in [6.45, 7) is 2.76. The Balaban J connectivity index is 2.37. The van der Waals surface area contributed by atoms with Crippen LogP contribution in [-0.2, 0) is 9.53 Å². The molecule has 0 N–H and O–H groups in total. The molecule has 2 nitrogen and oxygen atoms in total. The fourth-order valence-electron chi connectivity index (χ4n) is 2.58. The van der Waals surface area contributed by atoms with Gasteiger partial charge in [0.05, 0.1) is 0 Å². The second-order valence-electron chi connectivity index (χ2n) is 5.13. The number of methoxy groups -OCH3 is 1. The highest BCUT2D eigenvalue weighted by atomic mass is 16.5. The Morgan fingerprint density at radius 2 is 1.75 bits per heavy atom. The number of rotatable bonds is 5. The third-order valence-corrected chi connectivity index (χ3v) is 3.75. The van der Waals surface area contributed by atoms with E-state index in [1.54, 1.807) is 7.11 Å². The number of hydrogen-bond acceptors (Lipinski definition) is 2. The van der Waals surface area contributed by atoms with Crippen molar-refractivity contribution in [1.82, 2.24) is 0 Å². The first kappa shape index (κ1) is 13.7. The number of Topliss-reactive ketones (excluding diaryl/α,β-unsaturated/α-hetero) is 1. The van der Waals surface area contributed by atoms with Gasteiger partial charge in [-0.1, -0.05) is 39.0 Å². The first-order valence-corrected chi connectivity index (χ1v) is 6.78. The number of ether oxygens (including phenoxy) is 1. The number of carbonyl (C=O) groups is 1. The van der Waals surface area contributed by atoms with Crippen molar-refractivity contribution in [2.75, 3.05) is 13.7 Å². The van der Waals surface area contributed by atoms with Crippen LogP contribution in [0.5, 0.6) is 0 Å². The van der Waals surface area contributed by atoms with E-state index >= 15 is 0 Å². The van der Waals surface area contributed by atoms with Crippen molar-refractivity contribution >= 4 is 5.78 Å². The molecule has 0 saturated heterocycles. The molecule has 0 aromatic heterocycles. The predicted octanol–water partition coefficient (Wildman–Crippen LogP) is 3.59. The topological polar surface area (TPSA) is 26.3 Å². The van der Waals surface area contributed by atoms with Crippen LogP contribution >= 0.6 is 0 Å². The lowest BCUT2D eigenvalue weighted by molar-refractivity contribution is -0.127. The summed E-state index contributed by atoms with van der Waals surface area (Å²) < 4.78 is 5.04. The largest absolute Gasteiger partial charge is 0.385 e. The molecule has 1 aliphatic carbocycles. The molecule has 0 aromatic rings. The van der Waals surface area contributed by atoms with Crippen molar-refractivity contribution in [2.45, 2.75) is 58.3 Å². The van der Waals surface area contributed by atoms with Gasteiger partial charge in [-0.2, -0.15) is 0 Å². The van der Waals surface area contributed by atoms with Crippen molar-refractivity contribution in [1.29, 1.82) is 0 Å². The van der Waals surface area contributed by atoms with E-state index in [0.29, 0.717) is 18.3 Å². The van der Waals surface area contributed by atoms with Crippen LogP contribution in [-0.4, -0.2) is 19.5 Å². The Morgan fingerprint density at radius 3 is 2.31 bits per heavy atom. The summed E-state index contributed by atoms with van der Waals surface area (Å²) in [5.41, 5.74) is 0. The van der Waals surface area contributed by atoms with Gasteiger partial charge >= 0.3 is 0 Å². The van der Waals surface area contributed by atoms with Gasteiger partial charge in [-0.3, -0.25) is 4.79 Å². The molecule has 0 bridgehead atoms. The quantitative estimate of drug-likeness (QED) is 0.716. The highest BCUT2D eigenvalue weighted by Crippen LogP contribution is 2.26. The van der Waals surface area contributed by atoms with Crippen molar-refractivity contribution < 1.29 is 9.53 Å². The summed E-state index contributed by atoms with van der Waals surface area (Å²) >= 11 is 0. The Kier molecular flexibility index (Phi) is 6.70. The molecule has 1 aliphatic rings. The van der Waals surface area contributed by atoms with Crippen molar-refractivity contribution in [2.24, 2.45) is 11.8 Å². The molecule has 0 aromatic carbocycles. The molecule has 1 rings (SSSR count). The van der Waals surface area contributed by atoms with Gasteiger partial charge in [0.2, 0.25) is 0 Å². The third-order valence-electron chi connectivity index (χ3n) is 3.75. The van der Waals surface area contributed by atoms with Gasteiger partial charge in [-0.15, -0.1) is 0 Å². The van der Waals surface area contributed by atoms with E-state index in [0.717, 1.165) is 19.3 Å².